The van der Waals surface area contributed by atoms with Crippen molar-refractivity contribution >= 4 is 22.5 Å². The largest absolute Gasteiger partial charge is 0.350 e. The molecule has 0 radical (unpaired) electrons. The molecule has 3 aromatic rings. The van der Waals surface area contributed by atoms with Crippen LogP contribution in [0, 0.1) is 11.8 Å². The summed E-state index contributed by atoms with van der Waals surface area (Å²) in [7, 11) is 2.12. The summed E-state index contributed by atoms with van der Waals surface area (Å²) >= 11 is 0. The lowest BCUT2D eigenvalue weighted by Crippen LogP contribution is -2.47. The first-order chi connectivity index (χ1) is 16.6. The van der Waals surface area contributed by atoms with Crippen molar-refractivity contribution < 1.29 is 4.79 Å². The number of nitrogens with one attached hydrogen (secondary N) is 1. The third kappa shape index (κ3) is 3.88. The van der Waals surface area contributed by atoms with Gasteiger partial charge in [-0.15, -0.1) is 0 Å². The average molecular weight is 459 g/mol. The molecule has 1 N–H and O–H groups in total. The van der Waals surface area contributed by atoms with Crippen molar-refractivity contribution in [1.29, 1.82) is 0 Å². The maximum Gasteiger partial charge on any atom is 0.274 e. The van der Waals surface area contributed by atoms with Crippen molar-refractivity contribution in [2.24, 2.45) is 18.9 Å². The molecule has 34 heavy (non-hydrogen) atoms. The Kier molecular flexibility index (Phi) is 5.56. The van der Waals surface area contributed by atoms with Gasteiger partial charge in [-0.1, -0.05) is 37.5 Å². The lowest BCUT2D eigenvalue weighted by atomic mass is 9.83. The van der Waals surface area contributed by atoms with Crippen LogP contribution in [0.15, 0.2) is 47.4 Å². The standard InChI is InChI=1S/C28H34N4O2/c1-30-16-22(23-9-5-6-10-26(23)30)18-31-14-19-13-21(17-31)25-12-11-24(28(34)32(25)15-19)29-27(33)20-7-3-2-4-8-20/h5-6,9-12,16,19-21H,2-4,7-8,13-15,17-18H2,1H3,(H,29,33). The summed E-state index contributed by atoms with van der Waals surface area (Å²) in [4.78, 5) is 28.6. The second-order valence-corrected chi connectivity index (χ2v) is 10.7. The van der Waals surface area contributed by atoms with E-state index < -0.39 is 0 Å². The zero-order valence-corrected chi connectivity index (χ0v) is 20.0. The molecule has 2 unspecified atom stereocenters. The second kappa shape index (κ2) is 8.73. The van der Waals surface area contributed by atoms with Gasteiger partial charge in [-0.25, -0.2) is 0 Å². The fourth-order valence-corrected chi connectivity index (χ4v) is 6.66. The minimum atomic E-state index is -0.0288. The molecular weight excluding hydrogens is 424 g/mol. The first-order valence-corrected chi connectivity index (χ1v) is 12.9. The number of carbonyl (C=O) groups is 1. The van der Waals surface area contributed by atoms with E-state index in [1.807, 2.05) is 10.6 Å². The molecule has 1 aromatic carbocycles. The summed E-state index contributed by atoms with van der Waals surface area (Å²) < 4.78 is 4.16. The summed E-state index contributed by atoms with van der Waals surface area (Å²) in [5, 5.41) is 4.30. The molecule has 6 rings (SSSR count). The predicted molar refractivity (Wildman–Crippen MR) is 135 cm³/mol. The van der Waals surface area contributed by atoms with Crippen LogP contribution < -0.4 is 10.9 Å². The number of pyridine rings is 1. The number of nitrogens with zero attached hydrogens (tertiary/aromatic N) is 3. The highest BCUT2D eigenvalue weighted by molar-refractivity contribution is 5.92. The van der Waals surface area contributed by atoms with Crippen LogP contribution in [0.2, 0.25) is 0 Å². The van der Waals surface area contributed by atoms with Crippen LogP contribution in [-0.4, -0.2) is 33.0 Å². The van der Waals surface area contributed by atoms with Crippen LogP contribution in [0.3, 0.4) is 0 Å². The molecule has 178 valence electrons. The van der Waals surface area contributed by atoms with E-state index >= 15 is 0 Å². The minimum absolute atomic E-state index is 0.0228. The molecule has 1 saturated heterocycles. The van der Waals surface area contributed by atoms with Crippen LogP contribution in [0.5, 0.6) is 0 Å². The van der Waals surface area contributed by atoms with Gasteiger partial charge < -0.3 is 14.5 Å². The molecule has 1 amide bonds. The highest BCUT2D eigenvalue weighted by atomic mass is 16.2. The normalized spacial score (nSPS) is 23.1. The number of benzene rings is 1. The highest BCUT2D eigenvalue weighted by Crippen LogP contribution is 2.36. The van der Waals surface area contributed by atoms with Crippen LogP contribution in [0.4, 0.5) is 5.69 Å². The molecule has 2 aliphatic heterocycles. The van der Waals surface area contributed by atoms with Gasteiger partial charge in [0.05, 0.1) is 0 Å². The molecule has 0 spiro atoms. The topological polar surface area (TPSA) is 59.3 Å². The highest BCUT2D eigenvalue weighted by Gasteiger charge is 2.35. The molecule has 6 nitrogen and oxygen atoms in total. The Balaban J connectivity index is 1.20. The van der Waals surface area contributed by atoms with E-state index in [9.17, 15) is 9.59 Å². The number of carbonyl (C=O) groups excluding carboxylic acids is 1. The summed E-state index contributed by atoms with van der Waals surface area (Å²) in [6.07, 6.45) is 8.71. The molecule has 3 aliphatic rings. The minimum Gasteiger partial charge on any atom is -0.350 e. The van der Waals surface area contributed by atoms with E-state index in [0.717, 1.165) is 64.0 Å². The summed E-state index contributed by atoms with van der Waals surface area (Å²) in [5.74, 6) is 0.896. The lowest BCUT2D eigenvalue weighted by molar-refractivity contribution is -0.120. The molecule has 1 saturated carbocycles. The Bertz CT molecular complexity index is 1280. The first kappa shape index (κ1) is 21.7. The van der Waals surface area contributed by atoms with Crippen molar-refractivity contribution in [3.8, 4) is 0 Å². The third-order valence-corrected chi connectivity index (χ3v) is 8.29. The van der Waals surface area contributed by atoms with E-state index in [2.05, 4.69) is 58.4 Å². The summed E-state index contributed by atoms with van der Waals surface area (Å²) in [5.41, 5.74) is 4.19. The number of amides is 1. The van der Waals surface area contributed by atoms with E-state index in [0.29, 0.717) is 17.5 Å². The van der Waals surface area contributed by atoms with Gasteiger partial charge in [0.1, 0.15) is 5.69 Å². The summed E-state index contributed by atoms with van der Waals surface area (Å²) in [6.45, 7) is 3.65. The Hall–Kier alpha value is -2.86. The van der Waals surface area contributed by atoms with Crippen molar-refractivity contribution in [3.63, 3.8) is 0 Å². The third-order valence-electron chi connectivity index (χ3n) is 8.29. The molecule has 4 heterocycles. The number of fused-ring (bicyclic) bond motifs is 5. The molecule has 2 atom stereocenters. The molecule has 6 heteroatoms. The SMILES string of the molecule is Cn1cc(CN2CC3CC(C2)c2ccc(NC(=O)C4CCCCC4)c(=O)n2C3)c2ccccc21. The van der Waals surface area contributed by atoms with E-state index in [-0.39, 0.29) is 17.4 Å². The number of aryl methyl sites for hydroxylation is 1. The van der Waals surface area contributed by atoms with Crippen LogP contribution >= 0.6 is 0 Å². The van der Waals surface area contributed by atoms with Gasteiger partial charge in [-0.05, 0) is 48.9 Å². The molecule has 2 bridgehead atoms. The fourth-order valence-electron chi connectivity index (χ4n) is 6.66. The number of aromatic nitrogens is 2. The Morgan fingerprint density at radius 1 is 1.03 bits per heavy atom. The van der Waals surface area contributed by atoms with Crippen molar-refractivity contribution in [3.05, 3.63) is 64.2 Å². The maximum atomic E-state index is 13.3. The Morgan fingerprint density at radius 3 is 2.71 bits per heavy atom. The van der Waals surface area contributed by atoms with Gasteiger partial charge >= 0.3 is 0 Å². The zero-order valence-electron chi connectivity index (χ0n) is 20.0. The van der Waals surface area contributed by atoms with E-state index in [1.165, 1.54) is 22.9 Å². The molecule has 2 aromatic heterocycles. The Labute approximate surface area is 200 Å². The number of anilines is 1. The summed E-state index contributed by atoms with van der Waals surface area (Å²) in [6, 6.07) is 12.5. The van der Waals surface area contributed by atoms with Gasteiger partial charge in [0.2, 0.25) is 5.91 Å². The zero-order chi connectivity index (χ0) is 23.2. The number of para-hydroxylation sites is 1. The van der Waals surface area contributed by atoms with Crippen molar-refractivity contribution in [2.75, 3.05) is 18.4 Å². The van der Waals surface area contributed by atoms with Crippen molar-refractivity contribution in [1.82, 2.24) is 14.0 Å². The number of piperidine rings is 1. The van der Waals surface area contributed by atoms with Crippen LogP contribution in [0.1, 0.15) is 55.7 Å². The van der Waals surface area contributed by atoms with Crippen molar-refractivity contribution in [2.45, 2.75) is 57.5 Å². The van der Waals surface area contributed by atoms with E-state index in [4.69, 9.17) is 0 Å². The van der Waals surface area contributed by atoms with Gasteiger partial charge in [-0.2, -0.15) is 0 Å². The quantitative estimate of drug-likeness (QED) is 0.627. The Morgan fingerprint density at radius 2 is 1.85 bits per heavy atom. The average Bonchev–Trinajstić information content (AvgIpc) is 3.17. The van der Waals surface area contributed by atoms with Crippen LogP contribution in [0.25, 0.3) is 10.9 Å². The van der Waals surface area contributed by atoms with Crippen LogP contribution in [-0.2, 0) is 24.9 Å². The molecule has 2 fully saturated rings. The first-order valence-electron chi connectivity index (χ1n) is 12.9. The lowest BCUT2D eigenvalue weighted by Gasteiger charge is -2.43. The number of hydrogen-bond donors (Lipinski definition) is 1. The van der Waals surface area contributed by atoms with E-state index in [1.54, 1.807) is 0 Å². The number of hydrogen-bond acceptors (Lipinski definition) is 3. The maximum absolute atomic E-state index is 13.3. The molecular formula is C28H34N4O2. The monoisotopic (exact) mass is 458 g/mol. The smallest absolute Gasteiger partial charge is 0.274 e. The number of likely N-dealkylation sites (tertiary alicyclic amines) is 1. The van der Waals surface area contributed by atoms with Gasteiger partial charge in [0.15, 0.2) is 0 Å². The van der Waals surface area contributed by atoms with Gasteiger partial charge in [0, 0.05) is 67.9 Å². The second-order valence-electron chi connectivity index (χ2n) is 10.7. The van der Waals surface area contributed by atoms with Gasteiger partial charge in [-0.3, -0.25) is 14.5 Å². The number of rotatable bonds is 4. The van der Waals surface area contributed by atoms with Gasteiger partial charge in [0.25, 0.3) is 5.56 Å². The fraction of sp³-hybridized carbons (Fsp3) is 0.500. The predicted octanol–water partition coefficient (Wildman–Crippen LogP) is 4.48. The molecule has 1 aliphatic carbocycles.